The lowest BCUT2D eigenvalue weighted by Gasteiger charge is -2.26. The monoisotopic (exact) mass is 166 g/mol. The summed E-state index contributed by atoms with van der Waals surface area (Å²) in [5.41, 5.74) is 0. The van der Waals surface area contributed by atoms with Crippen LogP contribution in [0.4, 0.5) is 0 Å². The van der Waals surface area contributed by atoms with Gasteiger partial charge in [0.15, 0.2) is 0 Å². The highest BCUT2D eigenvalue weighted by atomic mass is 15.1. The first-order valence-corrected chi connectivity index (χ1v) is 4.52. The molecule has 0 fully saturated rings. The number of nitrogens with zero attached hydrogens (tertiary/aromatic N) is 2. The van der Waals surface area contributed by atoms with Crippen molar-refractivity contribution in [3.8, 4) is 6.07 Å². The van der Waals surface area contributed by atoms with Gasteiger partial charge in [0.05, 0.1) is 12.5 Å². The lowest BCUT2D eigenvalue weighted by molar-refractivity contribution is 0.220. The molecule has 2 heteroatoms. The minimum absolute atomic E-state index is 0.363. The Kier molecular flexibility index (Phi) is 6.41. The highest BCUT2D eigenvalue weighted by Crippen LogP contribution is 2.07. The van der Waals surface area contributed by atoms with E-state index in [1.165, 1.54) is 0 Å². The number of rotatable bonds is 6. The summed E-state index contributed by atoms with van der Waals surface area (Å²) in [5, 5.41) is 8.59. The first-order valence-electron chi connectivity index (χ1n) is 4.52. The van der Waals surface area contributed by atoms with Crippen LogP contribution in [0, 0.1) is 11.3 Å². The van der Waals surface area contributed by atoms with E-state index in [0.717, 1.165) is 19.5 Å². The maximum absolute atomic E-state index is 8.59. The van der Waals surface area contributed by atoms with E-state index in [4.69, 9.17) is 5.26 Å². The van der Waals surface area contributed by atoms with Crippen LogP contribution >= 0.6 is 0 Å². The maximum atomic E-state index is 8.59. The summed E-state index contributed by atoms with van der Waals surface area (Å²) in [5.74, 6) is 0. The van der Waals surface area contributed by atoms with E-state index in [1.807, 2.05) is 6.08 Å². The molecule has 0 aromatic heterocycles. The maximum Gasteiger partial charge on any atom is 0.0638 e. The Morgan fingerprint density at radius 1 is 1.50 bits per heavy atom. The molecule has 0 aliphatic carbocycles. The fraction of sp³-hybridized carbons (Fsp3) is 0.700. The minimum atomic E-state index is 0.363. The molecule has 1 unspecified atom stereocenters. The van der Waals surface area contributed by atoms with Crippen LogP contribution in [0.5, 0.6) is 0 Å². The summed E-state index contributed by atoms with van der Waals surface area (Å²) in [6.07, 6.45) is 3.41. The summed E-state index contributed by atoms with van der Waals surface area (Å²) in [4.78, 5) is 2.30. The zero-order chi connectivity index (χ0) is 9.40. The van der Waals surface area contributed by atoms with Gasteiger partial charge in [-0.1, -0.05) is 19.9 Å². The standard InChI is InChI=1S/C10H18N2/c1-4-7-10(8-9-11)12(5-2)6-3/h4,10H,1,5-8H2,2-3H3. The predicted molar refractivity (Wildman–Crippen MR) is 51.8 cm³/mol. The summed E-state index contributed by atoms with van der Waals surface area (Å²) in [7, 11) is 0. The molecule has 0 bridgehead atoms. The van der Waals surface area contributed by atoms with Crippen LogP contribution in [-0.4, -0.2) is 24.0 Å². The molecule has 1 atom stereocenters. The summed E-state index contributed by atoms with van der Waals surface area (Å²) in [6, 6.07) is 2.58. The van der Waals surface area contributed by atoms with Crippen LogP contribution in [0.25, 0.3) is 0 Å². The largest absolute Gasteiger partial charge is 0.300 e. The molecule has 2 nitrogen and oxygen atoms in total. The Bertz CT molecular complexity index is 154. The topological polar surface area (TPSA) is 27.0 Å². The lowest BCUT2D eigenvalue weighted by atomic mass is 10.1. The van der Waals surface area contributed by atoms with E-state index in [-0.39, 0.29) is 0 Å². The van der Waals surface area contributed by atoms with Crippen molar-refractivity contribution in [3.63, 3.8) is 0 Å². The third kappa shape index (κ3) is 3.54. The van der Waals surface area contributed by atoms with Crippen molar-refractivity contribution in [2.24, 2.45) is 0 Å². The van der Waals surface area contributed by atoms with Gasteiger partial charge in [-0.05, 0) is 19.5 Å². The second-order valence-corrected chi connectivity index (χ2v) is 2.76. The zero-order valence-corrected chi connectivity index (χ0v) is 8.08. The molecule has 68 valence electrons. The summed E-state index contributed by atoms with van der Waals surface area (Å²) >= 11 is 0. The molecule has 0 saturated heterocycles. The van der Waals surface area contributed by atoms with Crippen LogP contribution in [0.3, 0.4) is 0 Å². The van der Waals surface area contributed by atoms with Crippen LogP contribution in [0.1, 0.15) is 26.7 Å². The van der Waals surface area contributed by atoms with Gasteiger partial charge in [-0.25, -0.2) is 0 Å². The molecule has 0 saturated carbocycles. The second kappa shape index (κ2) is 6.87. The lowest BCUT2D eigenvalue weighted by Crippen LogP contribution is -2.34. The molecular weight excluding hydrogens is 148 g/mol. The van der Waals surface area contributed by atoms with Gasteiger partial charge in [0, 0.05) is 6.04 Å². The first-order chi connectivity index (χ1) is 5.79. The molecule has 0 rings (SSSR count). The zero-order valence-electron chi connectivity index (χ0n) is 8.08. The molecule has 0 radical (unpaired) electrons. The smallest absolute Gasteiger partial charge is 0.0638 e. The van der Waals surface area contributed by atoms with Gasteiger partial charge in [-0.3, -0.25) is 4.90 Å². The molecular formula is C10H18N2. The number of hydrogen-bond donors (Lipinski definition) is 0. The van der Waals surface area contributed by atoms with Crippen molar-refractivity contribution in [2.75, 3.05) is 13.1 Å². The molecule has 0 heterocycles. The van der Waals surface area contributed by atoms with Crippen molar-refractivity contribution in [1.29, 1.82) is 5.26 Å². The fourth-order valence-electron chi connectivity index (χ4n) is 1.40. The predicted octanol–water partition coefficient (Wildman–Crippen LogP) is 2.19. The summed E-state index contributed by atoms with van der Waals surface area (Å²) < 4.78 is 0. The molecule has 0 aliphatic rings. The van der Waals surface area contributed by atoms with E-state index in [2.05, 4.69) is 31.4 Å². The molecule has 0 N–H and O–H groups in total. The third-order valence-electron chi connectivity index (χ3n) is 2.09. The van der Waals surface area contributed by atoms with Crippen molar-refractivity contribution in [1.82, 2.24) is 4.90 Å². The first kappa shape index (κ1) is 11.2. The Balaban J connectivity index is 4.05. The Morgan fingerprint density at radius 3 is 2.42 bits per heavy atom. The van der Waals surface area contributed by atoms with Crippen molar-refractivity contribution in [3.05, 3.63) is 12.7 Å². The van der Waals surface area contributed by atoms with E-state index in [9.17, 15) is 0 Å². The van der Waals surface area contributed by atoms with Crippen molar-refractivity contribution < 1.29 is 0 Å². The van der Waals surface area contributed by atoms with Gasteiger partial charge in [0.1, 0.15) is 0 Å². The summed E-state index contributed by atoms with van der Waals surface area (Å²) in [6.45, 7) is 9.96. The van der Waals surface area contributed by atoms with E-state index in [0.29, 0.717) is 12.5 Å². The van der Waals surface area contributed by atoms with Crippen molar-refractivity contribution >= 4 is 0 Å². The quantitative estimate of drug-likeness (QED) is 0.565. The third-order valence-corrected chi connectivity index (χ3v) is 2.09. The van der Waals surface area contributed by atoms with Gasteiger partial charge in [0.25, 0.3) is 0 Å². The number of hydrogen-bond acceptors (Lipinski definition) is 2. The fourth-order valence-corrected chi connectivity index (χ4v) is 1.40. The van der Waals surface area contributed by atoms with Crippen LogP contribution in [0.15, 0.2) is 12.7 Å². The SMILES string of the molecule is C=CCC(CC#N)N(CC)CC. The Labute approximate surface area is 75.5 Å². The van der Waals surface area contributed by atoms with Crippen molar-refractivity contribution in [2.45, 2.75) is 32.7 Å². The van der Waals surface area contributed by atoms with E-state index in [1.54, 1.807) is 0 Å². The molecule has 12 heavy (non-hydrogen) atoms. The minimum Gasteiger partial charge on any atom is -0.300 e. The van der Waals surface area contributed by atoms with Crippen LogP contribution in [-0.2, 0) is 0 Å². The van der Waals surface area contributed by atoms with Gasteiger partial charge in [-0.15, -0.1) is 6.58 Å². The average molecular weight is 166 g/mol. The number of nitriles is 1. The molecule has 0 amide bonds. The molecule has 0 aromatic rings. The van der Waals surface area contributed by atoms with E-state index < -0.39 is 0 Å². The Morgan fingerprint density at radius 2 is 2.08 bits per heavy atom. The molecule has 0 aliphatic heterocycles. The Hall–Kier alpha value is -0.810. The van der Waals surface area contributed by atoms with E-state index >= 15 is 0 Å². The molecule has 0 spiro atoms. The van der Waals surface area contributed by atoms with Gasteiger partial charge < -0.3 is 0 Å². The van der Waals surface area contributed by atoms with Gasteiger partial charge in [-0.2, -0.15) is 5.26 Å². The highest BCUT2D eigenvalue weighted by Gasteiger charge is 2.12. The van der Waals surface area contributed by atoms with Crippen LogP contribution in [0.2, 0.25) is 0 Å². The highest BCUT2D eigenvalue weighted by molar-refractivity contribution is 4.87. The second-order valence-electron chi connectivity index (χ2n) is 2.76. The molecule has 0 aromatic carbocycles. The van der Waals surface area contributed by atoms with Crippen LogP contribution < -0.4 is 0 Å². The van der Waals surface area contributed by atoms with Gasteiger partial charge >= 0.3 is 0 Å². The normalized spacial score (nSPS) is 12.5. The average Bonchev–Trinajstić information content (AvgIpc) is 2.07. The van der Waals surface area contributed by atoms with Gasteiger partial charge in [0.2, 0.25) is 0 Å².